The molecule has 0 spiro atoms. The van der Waals surface area contributed by atoms with Crippen LogP contribution in [0.25, 0.3) is 0 Å². The Bertz CT molecular complexity index is 838. The van der Waals surface area contributed by atoms with Crippen molar-refractivity contribution < 1.29 is 33.6 Å². The van der Waals surface area contributed by atoms with Gasteiger partial charge in [-0.15, -0.1) is 11.3 Å². The summed E-state index contributed by atoms with van der Waals surface area (Å²) in [5, 5.41) is 18.4. The fourth-order valence-electron chi connectivity index (χ4n) is 2.49. The van der Waals surface area contributed by atoms with E-state index >= 15 is 0 Å². The summed E-state index contributed by atoms with van der Waals surface area (Å²) in [6.45, 7) is 0.247. The van der Waals surface area contributed by atoms with Gasteiger partial charge >= 0.3 is 11.9 Å². The minimum atomic E-state index is -3.20. The number of esters is 1. The lowest BCUT2D eigenvalue weighted by atomic mass is 10.1. The van der Waals surface area contributed by atoms with Gasteiger partial charge in [-0.2, -0.15) is 9.03 Å². The van der Waals surface area contributed by atoms with Crippen LogP contribution in [-0.2, 0) is 17.9 Å². The smallest absolute Gasteiger partial charge is 0.345 e. The Labute approximate surface area is 160 Å². The number of nitrogens with zero attached hydrogens (tertiary/aromatic N) is 1. The molecule has 1 atom stereocenters. The Morgan fingerprint density at radius 2 is 1.93 bits per heavy atom. The van der Waals surface area contributed by atoms with E-state index in [2.05, 4.69) is 4.72 Å². The molecule has 1 aromatic heterocycles. The average Bonchev–Trinajstić information content (AvgIpc) is 3.17. The van der Waals surface area contributed by atoms with Crippen LogP contribution in [0.4, 0.5) is 0 Å². The number of nitrogens with one attached hydrogen (secondary N) is 1. The SMILES string of the molecule is O=C(OCc1ccc(C(=O)O)s1)c1ccc(CN2CC(O)NS2(O)O)cc1. The maximum absolute atomic E-state index is 12.1. The molecule has 2 heterocycles. The Morgan fingerprint density at radius 1 is 1.22 bits per heavy atom. The molecule has 27 heavy (non-hydrogen) atoms. The molecule has 0 saturated carbocycles. The second kappa shape index (κ2) is 7.94. The van der Waals surface area contributed by atoms with Gasteiger partial charge in [0.25, 0.3) is 0 Å². The molecule has 1 aromatic carbocycles. The number of carboxylic acids is 1. The van der Waals surface area contributed by atoms with Gasteiger partial charge in [0.1, 0.15) is 17.7 Å². The molecule has 0 amide bonds. The van der Waals surface area contributed by atoms with E-state index in [0.29, 0.717) is 10.4 Å². The highest BCUT2D eigenvalue weighted by molar-refractivity contribution is 8.20. The zero-order valence-electron chi connectivity index (χ0n) is 13.9. The van der Waals surface area contributed by atoms with Gasteiger partial charge in [0.2, 0.25) is 0 Å². The number of aliphatic hydroxyl groups is 1. The van der Waals surface area contributed by atoms with Crippen LogP contribution in [-0.4, -0.2) is 48.3 Å². The third-order valence-electron chi connectivity index (χ3n) is 3.80. The van der Waals surface area contributed by atoms with Gasteiger partial charge in [0, 0.05) is 11.4 Å². The summed E-state index contributed by atoms with van der Waals surface area (Å²) in [5.41, 5.74) is 1.05. The lowest BCUT2D eigenvalue weighted by Crippen LogP contribution is -2.25. The number of thiophene rings is 1. The van der Waals surface area contributed by atoms with Crippen molar-refractivity contribution in [3.8, 4) is 0 Å². The molecule has 2 aromatic rings. The average molecular weight is 414 g/mol. The summed E-state index contributed by atoms with van der Waals surface area (Å²) in [6, 6.07) is 9.48. The molecule has 1 fully saturated rings. The van der Waals surface area contributed by atoms with Gasteiger partial charge in [-0.3, -0.25) is 9.11 Å². The van der Waals surface area contributed by atoms with Gasteiger partial charge < -0.3 is 14.9 Å². The molecule has 11 heteroatoms. The van der Waals surface area contributed by atoms with Crippen molar-refractivity contribution in [1.82, 2.24) is 9.03 Å². The molecule has 146 valence electrons. The van der Waals surface area contributed by atoms with Crippen LogP contribution in [0.3, 0.4) is 0 Å². The summed E-state index contributed by atoms with van der Waals surface area (Å²) in [6.07, 6.45) is -1.01. The van der Waals surface area contributed by atoms with Crippen LogP contribution in [0.1, 0.15) is 30.5 Å². The largest absolute Gasteiger partial charge is 0.477 e. The van der Waals surface area contributed by atoms with Crippen molar-refractivity contribution in [1.29, 1.82) is 0 Å². The zero-order chi connectivity index (χ0) is 19.6. The summed E-state index contributed by atoms with van der Waals surface area (Å²) >= 11 is 1.04. The second-order valence-electron chi connectivity index (χ2n) is 5.82. The highest BCUT2D eigenvalue weighted by Gasteiger charge is 2.34. The third-order valence-corrected chi connectivity index (χ3v) is 6.43. The van der Waals surface area contributed by atoms with E-state index in [-0.39, 0.29) is 24.6 Å². The van der Waals surface area contributed by atoms with Crippen molar-refractivity contribution >= 4 is 34.2 Å². The van der Waals surface area contributed by atoms with Gasteiger partial charge in [-0.05, 0) is 29.8 Å². The standard InChI is InChI=1S/C16H18N2O7S2/c19-14-8-18(27(23,24)17-14)7-10-1-3-11(4-2-10)16(22)25-9-12-5-6-13(26-12)15(20)21/h1-6,14,17,19,23-24H,7-9H2,(H,20,21). The van der Waals surface area contributed by atoms with Crippen LogP contribution < -0.4 is 4.72 Å². The number of rotatable bonds is 6. The van der Waals surface area contributed by atoms with Gasteiger partial charge in [0.15, 0.2) is 0 Å². The first-order valence-corrected chi connectivity index (χ1v) is 10.1. The molecule has 1 aliphatic rings. The van der Waals surface area contributed by atoms with E-state index < -0.39 is 29.1 Å². The summed E-state index contributed by atoms with van der Waals surface area (Å²) in [7, 11) is -3.20. The minimum absolute atomic E-state index is 0.0171. The van der Waals surface area contributed by atoms with Crippen LogP contribution in [0.5, 0.6) is 0 Å². The number of carbonyl (C=O) groups is 2. The number of aliphatic hydroxyl groups excluding tert-OH is 1. The Morgan fingerprint density at radius 3 is 2.48 bits per heavy atom. The van der Waals surface area contributed by atoms with E-state index in [1.165, 1.54) is 10.4 Å². The quantitative estimate of drug-likeness (QED) is 0.450. The summed E-state index contributed by atoms with van der Waals surface area (Å²) < 4.78 is 28.5. The normalized spacial score (nSPS) is 20.3. The minimum Gasteiger partial charge on any atom is -0.477 e. The van der Waals surface area contributed by atoms with E-state index in [1.807, 2.05) is 0 Å². The predicted octanol–water partition coefficient (Wildman–Crippen LogP) is 2.11. The van der Waals surface area contributed by atoms with Crippen molar-refractivity contribution in [2.24, 2.45) is 0 Å². The van der Waals surface area contributed by atoms with Crippen molar-refractivity contribution in [3.63, 3.8) is 0 Å². The highest BCUT2D eigenvalue weighted by atomic mass is 32.3. The summed E-state index contributed by atoms with van der Waals surface area (Å²) in [5.74, 6) is -1.57. The van der Waals surface area contributed by atoms with Crippen molar-refractivity contribution in [3.05, 3.63) is 57.3 Å². The fourth-order valence-corrected chi connectivity index (χ4v) is 4.51. The Balaban J connectivity index is 1.56. The molecule has 0 bridgehead atoms. The second-order valence-corrected chi connectivity index (χ2v) is 8.78. The van der Waals surface area contributed by atoms with Gasteiger partial charge in [-0.25, -0.2) is 9.59 Å². The van der Waals surface area contributed by atoms with Gasteiger partial charge in [0.05, 0.1) is 12.1 Å². The number of ether oxygens (including phenoxy) is 1. The number of carbonyl (C=O) groups excluding carboxylic acids is 1. The maximum atomic E-state index is 12.1. The molecule has 1 aliphatic heterocycles. The zero-order valence-corrected chi connectivity index (χ0v) is 15.6. The first kappa shape index (κ1) is 19.8. The monoisotopic (exact) mass is 414 g/mol. The molecular formula is C16H18N2O7S2. The first-order valence-electron chi connectivity index (χ1n) is 7.81. The van der Waals surface area contributed by atoms with Gasteiger partial charge in [-0.1, -0.05) is 23.1 Å². The lowest BCUT2D eigenvalue weighted by molar-refractivity contribution is 0.0476. The third kappa shape index (κ3) is 4.84. The van der Waals surface area contributed by atoms with Crippen LogP contribution >= 0.6 is 22.3 Å². The Hall–Kier alpha value is -1.99. The number of hydrogen-bond donors (Lipinski definition) is 5. The lowest BCUT2D eigenvalue weighted by Gasteiger charge is -2.35. The summed E-state index contributed by atoms with van der Waals surface area (Å²) in [4.78, 5) is 23.7. The van der Waals surface area contributed by atoms with E-state index in [1.54, 1.807) is 30.3 Å². The first-order chi connectivity index (χ1) is 12.7. The molecule has 9 nitrogen and oxygen atoms in total. The molecule has 0 radical (unpaired) electrons. The van der Waals surface area contributed by atoms with E-state index in [9.17, 15) is 23.8 Å². The van der Waals surface area contributed by atoms with Crippen LogP contribution in [0.2, 0.25) is 0 Å². The molecule has 3 rings (SSSR count). The molecular weight excluding hydrogens is 396 g/mol. The number of aromatic carboxylic acids is 1. The Kier molecular flexibility index (Phi) is 5.81. The fraction of sp³-hybridized carbons (Fsp3) is 0.250. The number of hydrogen-bond acceptors (Lipinski definition) is 9. The number of carboxylic acid groups (broad SMARTS) is 1. The predicted molar refractivity (Wildman–Crippen MR) is 99.2 cm³/mol. The number of β-amino-alcohol motifs (C(OH)–C–C–N with tert-alkyl or cyclic N) is 1. The molecule has 0 aliphatic carbocycles. The van der Waals surface area contributed by atoms with E-state index in [4.69, 9.17) is 9.84 Å². The van der Waals surface area contributed by atoms with Crippen LogP contribution in [0, 0.1) is 0 Å². The highest BCUT2D eigenvalue weighted by Crippen LogP contribution is 2.44. The molecule has 1 saturated heterocycles. The number of benzene rings is 1. The van der Waals surface area contributed by atoms with E-state index in [0.717, 1.165) is 16.9 Å². The van der Waals surface area contributed by atoms with Crippen molar-refractivity contribution in [2.45, 2.75) is 19.4 Å². The molecule has 1 unspecified atom stereocenters. The van der Waals surface area contributed by atoms with Crippen LogP contribution in [0.15, 0.2) is 36.4 Å². The topological polar surface area (TPSA) is 140 Å². The molecule has 5 N–H and O–H groups in total. The maximum Gasteiger partial charge on any atom is 0.345 e. The van der Waals surface area contributed by atoms with Crippen molar-refractivity contribution in [2.75, 3.05) is 6.54 Å².